The molecule has 5 amide bonds. The monoisotopic (exact) mass is 1050 g/mol. The fourth-order valence-electron chi connectivity index (χ4n) is 4.85. The zero-order valence-corrected chi connectivity index (χ0v) is 44.7. The van der Waals surface area contributed by atoms with E-state index < -0.39 is 48.2 Å². The Morgan fingerprint density at radius 3 is 1.37 bits per heavy atom. The molecule has 4 rings (SSSR count). The van der Waals surface area contributed by atoms with E-state index in [9.17, 15) is 38.0 Å². The van der Waals surface area contributed by atoms with Gasteiger partial charge in [-0.3, -0.25) is 26.1 Å². The second-order valence-electron chi connectivity index (χ2n) is 16.1. The Balaban J connectivity index is 0.000000917. The number of methoxy groups -OCH3 is 1. The van der Waals surface area contributed by atoms with Crippen molar-refractivity contribution in [1.82, 2.24) is 5.32 Å². The first-order valence-corrected chi connectivity index (χ1v) is 23.6. The number of nitriles is 1. The number of hydrogen-bond donors (Lipinski definition) is 5. The lowest BCUT2D eigenvalue weighted by molar-refractivity contribution is -0.141. The molecule has 5 N–H and O–H groups in total. The van der Waals surface area contributed by atoms with Gasteiger partial charge >= 0.3 is 42.4 Å². The molecule has 21 nitrogen and oxygen atoms in total. The molecule has 0 saturated carbocycles. The van der Waals surface area contributed by atoms with E-state index in [0.717, 1.165) is 5.75 Å². The number of nitrogens with one attached hydrogen (secondary N) is 5. The van der Waals surface area contributed by atoms with Gasteiger partial charge in [0, 0.05) is 17.1 Å². The number of alkyl carbamates (subject to hydrolysis) is 1. The molecule has 0 fully saturated rings. The Bertz CT molecular complexity index is 2390. The third-order valence-corrected chi connectivity index (χ3v) is 7.72. The van der Waals surface area contributed by atoms with E-state index in [1.807, 2.05) is 6.07 Å². The van der Waals surface area contributed by atoms with Crippen molar-refractivity contribution in [3.8, 4) is 11.8 Å². The SMILES string of the molecule is CC(C)OC(=O)Nc1ccc(C#N)cc1.CC(C)OC(=O)Nc1ccccc1F.CCOC(=O)CNC(=O)OC(C)C.CCOC(=O)c1cccc(NC(=O)OC(C)C)c1.COc1ccc(NC(=O)OC(C)C)cc1. The fraction of sp³-hybridized carbons (Fsp3) is 0.396. The van der Waals surface area contributed by atoms with Gasteiger partial charge in [-0.1, -0.05) is 18.2 Å². The molecule has 0 unspecified atom stereocenters. The van der Waals surface area contributed by atoms with Crippen LogP contribution in [0.25, 0.3) is 0 Å². The molecule has 0 atom stereocenters. The van der Waals surface area contributed by atoms with Crippen molar-refractivity contribution >= 4 is 65.2 Å². The van der Waals surface area contributed by atoms with Crippen molar-refractivity contribution in [1.29, 1.82) is 5.26 Å². The summed E-state index contributed by atoms with van der Waals surface area (Å²) in [5.41, 5.74) is 2.85. The van der Waals surface area contributed by atoms with Gasteiger partial charge in [-0.2, -0.15) is 5.26 Å². The minimum atomic E-state index is -0.648. The summed E-state index contributed by atoms with van der Waals surface area (Å²) >= 11 is 0. The van der Waals surface area contributed by atoms with Crippen LogP contribution in [0, 0.1) is 17.1 Å². The number of amides is 5. The van der Waals surface area contributed by atoms with E-state index in [2.05, 4.69) is 31.3 Å². The molecule has 22 heteroatoms. The number of rotatable bonds is 15. The zero-order chi connectivity index (χ0) is 56.9. The van der Waals surface area contributed by atoms with Crippen LogP contribution in [0.2, 0.25) is 0 Å². The second-order valence-corrected chi connectivity index (χ2v) is 16.1. The molecular weight excluding hydrogens is 980 g/mol. The van der Waals surface area contributed by atoms with Gasteiger partial charge in [0.1, 0.15) is 18.1 Å². The van der Waals surface area contributed by atoms with Crippen LogP contribution in [0.5, 0.6) is 5.75 Å². The number of carbonyl (C=O) groups is 7. The van der Waals surface area contributed by atoms with E-state index in [1.54, 1.807) is 175 Å². The predicted octanol–water partition coefficient (Wildman–Crippen LogP) is 11.5. The van der Waals surface area contributed by atoms with Crippen molar-refractivity contribution < 1.29 is 75.8 Å². The summed E-state index contributed by atoms with van der Waals surface area (Å²) in [4.78, 5) is 77.9. The van der Waals surface area contributed by atoms with Crippen LogP contribution in [0.1, 0.15) is 99.0 Å². The van der Waals surface area contributed by atoms with Crippen molar-refractivity contribution in [3.05, 3.63) is 114 Å². The first kappa shape index (κ1) is 66.4. The van der Waals surface area contributed by atoms with Gasteiger partial charge in [0.25, 0.3) is 0 Å². The highest BCUT2D eigenvalue weighted by atomic mass is 19.1. The Kier molecular flexibility index (Phi) is 33.7. The number of carbonyl (C=O) groups excluding carboxylic acids is 7. The van der Waals surface area contributed by atoms with Crippen LogP contribution in [0.4, 0.5) is 51.1 Å². The Labute approximate surface area is 438 Å². The van der Waals surface area contributed by atoms with E-state index in [0.29, 0.717) is 41.4 Å². The van der Waals surface area contributed by atoms with Gasteiger partial charge in [0.2, 0.25) is 0 Å². The number of benzene rings is 4. The number of para-hydroxylation sites is 1. The maximum absolute atomic E-state index is 13.0. The van der Waals surface area contributed by atoms with Gasteiger partial charge in [-0.25, -0.2) is 33.2 Å². The maximum atomic E-state index is 13.0. The number of anilines is 4. The standard InChI is InChI=1S/C13H17NO4.C11H12N2O2.C11H15NO3.C10H12FNO2.C8H15NO4/c1-4-17-12(15)10-6-5-7-11(8-10)14-13(16)18-9(2)3;1-8(2)15-11(14)13-10-5-3-9(7-12)4-6-10;1-8(2)15-11(13)12-9-4-6-10(14-3)7-5-9;1-7(2)14-10(13)12-9-6-4-3-5-8(9)11;1-4-12-7(10)5-9-8(11)13-6(2)3/h5-9H,4H2,1-3H3,(H,14,16);3-6,8H,1-2H3,(H,13,14);4-8H,1-3H3,(H,12,13);3-7H,1-2H3,(H,12,13);6H,4-5H2,1-3H3,(H,9,11). The average molecular weight is 1050 g/mol. The molecule has 4 aromatic carbocycles. The highest BCUT2D eigenvalue weighted by Gasteiger charge is 2.12. The molecule has 0 aliphatic rings. The molecule has 0 aliphatic carbocycles. The molecule has 4 aromatic rings. The van der Waals surface area contributed by atoms with Crippen molar-refractivity contribution in [2.75, 3.05) is 48.1 Å². The highest BCUT2D eigenvalue weighted by molar-refractivity contribution is 5.92. The Morgan fingerprint density at radius 2 is 0.947 bits per heavy atom. The molecule has 0 heterocycles. The lowest BCUT2D eigenvalue weighted by Crippen LogP contribution is -2.32. The molecular formula is C53H71FN6O15. The lowest BCUT2D eigenvalue weighted by atomic mass is 10.2. The number of halogens is 1. The van der Waals surface area contributed by atoms with Crippen LogP contribution in [0.15, 0.2) is 97.1 Å². The summed E-state index contributed by atoms with van der Waals surface area (Å²) in [6.45, 7) is 21.5. The topological polar surface area (TPSA) is 277 Å². The van der Waals surface area contributed by atoms with E-state index in [4.69, 9.17) is 38.4 Å². The van der Waals surface area contributed by atoms with E-state index >= 15 is 0 Å². The van der Waals surface area contributed by atoms with Crippen molar-refractivity contribution in [3.63, 3.8) is 0 Å². The largest absolute Gasteiger partial charge is 0.497 e. The van der Waals surface area contributed by atoms with Gasteiger partial charge < -0.3 is 43.2 Å². The fourth-order valence-corrected chi connectivity index (χ4v) is 4.85. The van der Waals surface area contributed by atoms with E-state index in [-0.39, 0.29) is 42.8 Å². The summed E-state index contributed by atoms with van der Waals surface area (Å²) in [6, 6.07) is 28.0. The molecule has 0 radical (unpaired) electrons. The summed E-state index contributed by atoms with van der Waals surface area (Å²) in [6.07, 6.45) is -3.63. The number of hydrogen-bond acceptors (Lipinski definition) is 16. The minimum absolute atomic E-state index is 0.122. The summed E-state index contributed by atoms with van der Waals surface area (Å²) in [5, 5.41) is 20.8. The van der Waals surface area contributed by atoms with Gasteiger partial charge in [0.05, 0.1) is 73.7 Å². The Morgan fingerprint density at radius 1 is 0.520 bits per heavy atom. The molecule has 0 spiro atoms. The van der Waals surface area contributed by atoms with Crippen LogP contribution in [0.3, 0.4) is 0 Å². The smallest absolute Gasteiger partial charge is 0.411 e. The van der Waals surface area contributed by atoms with Crippen LogP contribution in [-0.4, -0.2) is 99.8 Å². The molecule has 0 saturated heterocycles. The predicted molar refractivity (Wildman–Crippen MR) is 280 cm³/mol. The average Bonchev–Trinajstić information content (AvgIpc) is 3.32. The number of esters is 2. The van der Waals surface area contributed by atoms with Gasteiger partial charge in [-0.05, 0) is 162 Å². The quantitative estimate of drug-likeness (QED) is 0.0546. The highest BCUT2D eigenvalue weighted by Crippen LogP contribution is 2.16. The Hall–Kier alpha value is -8.61. The number of ether oxygens (including phenoxy) is 8. The molecule has 410 valence electrons. The molecule has 0 bridgehead atoms. The number of nitrogens with zero attached hydrogens (tertiary/aromatic N) is 1. The summed E-state index contributed by atoms with van der Waals surface area (Å²) < 4.78 is 51.7. The van der Waals surface area contributed by atoms with Crippen molar-refractivity contribution in [2.45, 2.75) is 114 Å². The summed E-state index contributed by atoms with van der Waals surface area (Å²) in [5.74, 6) is -0.618. The van der Waals surface area contributed by atoms with Gasteiger partial charge in [0.15, 0.2) is 0 Å². The molecule has 0 aromatic heterocycles. The third-order valence-electron chi connectivity index (χ3n) is 7.72. The van der Waals surface area contributed by atoms with Crippen LogP contribution >= 0.6 is 0 Å². The first-order valence-electron chi connectivity index (χ1n) is 23.6. The van der Waals surface area contributed by atoms with Crippen LogP contribution < -0.4 is 31.3 Å². The van der Waals surface area contributed by atoms with Gasteiger partial charge in [-0.15, -0.1) is 0 Å². The maximum Gasteiger partial charge on any atom is 0.411 e. The van der Waals surface area contributed by atoms with Crippen LogP contribution in [-0.2, 0) is 38.0 Å². The lowest BCUT2D eigenvalue weighted by Gasteiger charge is -2.10. The first-order chi connectivity index (χ1) is 35.4. The molecule has 0 aliphatic heterocycles. The van der Waals surface area contributed by atoms with E-state index in [1.165, 1.54) is 12.1 Å². The normalized spacial score (nSPS) is 9.79. The minimum Gasteiger partial charge on any atom is -0.497 e. The third kappa shape index (κ3) is 34.4. The van der Waals surface area contributed by atoms with Crippen molar-refractivity contribution in [2.24, 2.45) is 0 Å². The second kappa shape index (κ2) is 38.1. The summed E-state index contributed by atoms with van der Waals surface area (Å²) in [7, 11) is 1.59. The molecule has 75 heavy (non-hydrogen) atoms. The zero-order valence-electron chi connectivity index (χ0n) is 44.7.